The van der Waals surface area contributed by atoms with E-state index in [0.717, 1.165) is 15.2 Å². The summed E-state index contributed by atoms with van der Waals surface area (Å²) in [7, 11) is 0. The molecular weight excluding hydrogens is 420 g/mol. The summed E-state index contributed by atoms with van der Waals surface area (Å²) in [5, 5.41) is 0. The van der Waals surface area contributed by atoms with Gasteiger partial charge in [0.05, 0.1) is 4.83 Å². The molecule has 0 N–H and O–H groups in total. The lowest BCUT2D eigenvalue weighted by molar-refractivity contribution is 0.491. The zero-order chi connectivity index (χ0) is 13.3. The van der Waals surface area contributed by atoms with Gasteiger partial charge in [0.2, 0.25) is 0 Å². The van der Waals surface area contributed by atoms with Gasteiger partial charge < -0.3 is 0 Å². The summed E-state index contributed by atoms with van der Waals surface area (Å²) in [4.78, 5) is -0.512. The average molecular weight is 427 g/mol. The van der Waals surface area contributed by atoms with Gasteiger partial charge in [0.1, 0.15) is 5.82 Å². The lowest BCUT2D eigenvalue weighted by Gasteiger charge is -2.12. The predicted molar refractivity (Wildman–Crippen MR) is 76.2 cm³/mol. The molecule has 0 aliphatic rings. The van der Waals surface area contributed by atoms with Crippen molar-refractivity contribution in [3.63, 3.8) is 0 Å². The summed E-state index contributed by atoms with van der Waals surface area (Å²) >= 11 is 5.44. The van der Waals surface area contributed by atoms with Crippen LogP contribution >= 0.6 is 38.5 Å². The van der Waals surface area contributed by atoms with Gasteiger partial charge in [0, 0.05) is 15.2 Å². The molecule has 0 spiro atoms. The van der Waals surface area contributed by atoms with Crippen molar-refractivity contribution in [2.45, 2.75) is 4.83 Å². The smallest absolute Gasteiger partial charge is 0.161 e. The van der Waals surface area contributed by atoms with Gasteiger partial charge in [-0.25, -0.2) is 13.2 Å². The summed E-state index contributed by atoms with van der Waals surface area (Å²) < 4.78 is 40.6. The van der Waals surface area contributed by atoms with Crippen molar-refractivity contribution >= 4 is 38.5 Å². The minimum atomic E-state index is -1.18. The van der Waals surface area contributed by atoms with E-state index in [0.29, 0.717) is 6.07 Å². The zero-order valence-corrected chi connectivity index (χ0v) is 12.7. The molecule has 0 fully saturated rings. The van der Waals surface area contributed by atoms with Crippen molar-refractivity contribution in [3.05, 3.63) is 68.5 Å². The average Bonchev–Trinajstić information content (AvgIpc) is 2.33. The third kappa shape index (κ3) is 2.88. The Kier molecular flexibility index (Phi) is 4.32. The van der Waals surface area contributed by atoms with E-state index in [2.05, 4.69) is 38.5 Å². The monoisotopic (exact) mass is 426 g/mol. The fraction of sp³-hybridized carbons (Fsp3) is 0.0769. The van der Waals surface area contributed by atoms with E-state index in [1.165, 1.54) is 0 Å². The van der Waals surface area contributed by atoms with Crippen LogP contribution < -0.4 is 0 Å². The molecule has 18 heavy (non-hydrogen) atoms. The topological polar surface area (TPSA) is 0 Å². The Bertz CT molecular complexity index is 586. The predicted octanol–water partition coefficient (Wildman–Crippen LogP) is 5.19. The van der Waals surface area contributed by atoms with E-state index in [4.69, 9.17) is 0 Å². The third-order valence-electron chi connectivity index (χ3n) is 2.45. The Morgan fingerprint density at radius 1 is 0.944 bits per heavy atom. The summed E-state index contributed by atoms with van der Waals surface area (Å²) in [5.41, 5.74) is 0.864. The SMILES string of the molecule is Fc1cc(F)c(C(Br)c2cccc(I)c2)cc1F. The summed E-state index contributed by atoms with van der Waals surface area (Å²) in [6.45, 7) is 0. The number of alkyl halides is 1. The second kappa shape index (κ2) is 5.61. The Morgan fingerprint density at radius 2 is 1.61 bits per heavy atom. The molecule has 94 valence electrons. The highest BCUT2D eigenvalue weighted by Crippen LogP contribution is 2.33. The number of hydrogen-bond donors (Lipinski definition) is 0. The molecule has 1 atom stereocenters. The van der Waals surface area contributed by atoms with Crippen LogP contribution in [0.15, 0.2) is 36.4 Å². The van der Waals surface area contributed by atoms with Crippen LogP contribution in [0.5, 0.6) is 0 Å². The highest BCUT2D eigenvalue weighted by molar-refractivity contribution is 14.1. The number of hydrogen-bond acceptors (Lipinski definition) is 0. The Balaban J connectivity index is 2.46. The highest BCUT2D eigenvalue weighted by Gasteiger charge is 2.18. The molecule has 1 unspecified atom stereocenters. The molecule has 0 saturated carbocycles. The maximum absolute atomic E-state index is 13.6. The van der Waals surface area contributed by atoms with E-state index >= 15 is 0 Å². The number of rotatable bonds is 2. The van der Waals surface area contributed by atoms with Crippen molar-refractivity contribution in [2.75, 3.05) is 0 Å². The molecule has 0 radical (unpaired) electrons. The van der Waals surface area contributed by atoms with Crippen LogP contribution in [-0.2, 0) is 0 Å². The highest BCUT2D eigenvalue weighted by atomic mass is 127. The quantitative estimate of drug-likeness (QED) is 0.352. The first kappa shape index (κ1) is 13.9. The van der Waals surface area contributed by atoms with Crippen LogP contribution in [0.2, 0.25) is 0 Å². The van der Waals surface area contributed by atoms with Crippen molar-refractivity contribution in [1.82, 2.24) is 0 Å². The molecule has 2 aromatic carbocycles. The third-order valence-corrected chi connectivity index (χ3v) is 4.15. The molecule has 2 aromatic rings. The minimum absolute atomic E-state index is 0.0795. The van der Waals surface area contributed by atoms with Crippen LogP contribution in [0.4, 0.5) is 13.2 Å². The first-order valence-corrected chi connectivity index (χ1v) is 7.02. The Morgan fingerprint density at radius 3 is 2.28 bits per heavy atom. The zero-order valence-electron chi connectivity index (χ0n) is 8.93. The molecule has 0 aliphatic carbocycles. The number of benzene rings is 2. The van der Waals surface area contributed by atoms with E-state index in [1.54, 1.807) is 6.07 Å². The van der Waals surface area contributed by atoms with Crippen molar-refractivity contribution < 1.29 is 13.2 Å². The minimum Gasteiger partial charge on any atom is -0.207 e. The molecule has 0 aromatic heterocycles. The number of halogens is 5. The second-order valence-corrected chi connectivity index (χ2v) is 5.87. The van der Waals surface area contributed by atoms with Gasteiger partial charge in [-0.2, -0.15) is 0 Å². The van der Waals surface area contributed by atoms with Gasteiger partial charge in [-0.3, -0.25) is 0 Å². The largest absolute Gasteiger partial charge is 0.207 e. The van der Waals surface area contributed by atoms with Crippen LogP contribution in [-0.4, -0.2) is 0 Å². The summed E-state index contributed by atoms with van der Waals surface area (Å²) in [6, 6.07) is 8.80. The maximum Gasteiger partial charge on any atom is 0.161 e. The van der Waals surface area contributed by atoms with Crippen LogP contribution in [0, 0.1) is 21.0 Å². The molecule has 0 bridgehead atoms. The van der Waals surface area contributed by atoms with Gasteiger partial charge in [-0.05, 0) is 46.4 Å². The van der Waals surface area contributed by atoms with Gasteiger partial charge in [-0.15, -0.1) is 0 Å². The first-order valence-electron chi connectivity index (χ1n) is 5.03. The molecule has 0 nitrogen and oxygen atoms in total. The van der Waals surface area contributed by atoms with Gasteiger partial charge in [0.25, 0.3) is 0 Å². The van der Waals surface area contributed by atoms with Gasteiger partial charge in [0.15, 0.2) is 11.6 Å². The van der Waals surface area contributed by atoms with Crippen molar-refractivity contribution in [3.8, 4) is 0 Å². The standard InChI is InChI=1S/C13H7BrF3I/c14-13(7-2-1-3-8(18)4-7)9-5-11(16)12(17)6-10(9)15/h1-6,13H. The lowest BCUT2D eigenvalue weighted by Crippen LogP contribution is -2.00. The Hall–Kier alpha value is -0.560. The van der Waals surface area contributed by atoms with Crippen LogP contribution in [0.3, 0.4) is 0 Å². The molecule has 0 heterocycles. The van der Waals surface area contributed by atoms with Crippen LogP contribution in [0.1, 0.15) is 16.0 Å². The van der Waals surface area contributed by atoms with E-state index < -0.39 is 22.3 Å². The second-order valence-electron chi connectivity index (χ2n) is 3.71. The van der Waals surface area contributed by atoms with E-state index in [-0.39, 0.29) is 5.56 Å². The molecule has 2 rings (SSSR count). The maximum atomic E-state index is 13.6. The summed E-state index contributed by atoms with van der Waals surface area (Å²) in [5.74, 6) is -3.00. The normalized spacial score (nSPS) is 12.5. The van der Waals surface area contributed by atoms with Gasteiger partial charge in [-0.1, -0.05) is 28.1 Å². The van der Waals surface area contributed by atoms with E-state index in [9.17, 15) is 13.2 Å². The molecule has 0 aliphatic heterocycles. The lowest BCUT2D eigenvalue weighted by atomic mass is 10.0. The van der Waals surface area contributed by atoms with Crippen molar-refractivity contribution in [1.29, 1.82) is 0 Å². The van der Waals surface area contributed by atoms with Gasteiger partial charge >= 0.3 is 0 Å². The molecular formula is C13H7BrF3I. The first-order chi connectivity index (χ1) is 8.49. The Labute approximate surface area is 124 Å². The fourth-order valence-corrected chi connectivity index (χ4v) is 2.78. The molecule has 5 heteroatoms. The molecule has 0 amide bonds. The van der Waals surface area contributed by atoms with Crippen LogP contribution in [0.25, 0.3) is 0 Å². The fourth-order valence-electron chi connectivity index (χ4n) is 1.58. The van der Waals surface area contributed by atoms with E-state index in [1.807, 2.05) is 18.2 Å². The molecule has 0 saturated heterocycles. The van der Waals surface area contributed by atoms with Crippen molar-refractivity contribution in [2.24, 2.45) is 0 Å². The summed E-state index contributed by atoms with van der Waals surface area (Å²) in [6.07, 6.45) is 0.